The second kappa shape index (κ2) is 8.52. The molecule has 1 aliphatic rings. The minimum Gasteiger partial charge on any atom is -0.466 e. The van der Waals surface area contributed by atoms with Gasteiger partial charge in [-0.15, -0.1) is 0 Å². The molecule has 0 amide bonds. The average Bonchev–Trinajstić information content (AvgIpc) is 3.00. The molecule has 1 aromatic carbocycles. The molecule has 14 heteroatoms. The number of nitrogens with one attached hydrogen (secondary N) is 1. The first-order valence-corrected chi connectivity index (χ1v) is 10.9. The summed E-state index contributed by atoms with van der Waals surface area (Å²) in [6.07, 6.45) is 0. The smallest absolute Gasteiger partial charge is 0.360 e. The molecule has 0 radical (unpaired) electrons. The van der Waals surface area contributed by atoms with Crippen LogP contribution in [0.3, 0.4) is 0 Å². The van der Waals surface area contributed by atoms with Crippen molar-refractivity contribution in [1.82, 2.24) is 9.58 Å². The van der Waals surface area contributed by atoms with Gasteiger partial charge in [-0.2, -0.15) is 4.31 Å². The molecule has 0 spiro atoms. The van der Waals surface area contributed by atoms with E-state index in [1.54, 1.807) is 6.92 Å². The van der Waals surface area contributed by atoms with Gasteiger partial charge in [0.1, 0.15) is 10.9 Å². The maximum Gasteiger partial charge on any atom is 0.360 e. The predicted octanol–water partition coefficient (Wildman–Crippen LogP) is 0.538. The van der Waals surface area contributed by atoms with Crippen LogP contribution >= 0.6 is 34.8 Å². The number of ether oxygens (including phenoxy) is 1. The number of piperazine rings is 1. The van der Waals surface area contributed by atoms with Gasteiger partial charge in [0.25, 0.3) is 0 Å². The van der Waals surface area contributed by atoms with E-state index in [1.165, 1.54) is 23.2 Å². The third-order valence-electron chi connectivity index (χ3n) is 4.20. The highest BCUT2D eigenvalue weighted by molar-refractivity contribution is 7.89. The van der Waals surface area contributed by atoms with Gasteiger partial charge >= 0.3 is 16.7 Å². The number of benzene rings is 1. The summed E-state index contributed by atoms with van der Waals surface area (Å²) in [5.74, 6) is -0.673. The van der Waals surface area contributed by atoms with Crippen LogP contribution in [0.1, 0.15) is 6.92 Å². The zero-order valence-electron chi connectivity index (χ0n) is 15.0. The van der Waals surface area contributed by atoms with Crippen LogP contribution in [0.15, 0.2) is 27.6 Å². The fraction of sp³-hybridized carbons (Fsp3) is 0.400. The zero-order valence-corrected chi connectivity index (χ0v) is 18.1. The van der Waals surface area contributed by atoms with Crippen LogP contribution in [0.25, 0.3) is 0 Å². The highest BCUT2D eigenvalue weighted by Gasteiger charge is 2.40. The molecule has 10 nitrogen and oxygen atoms in total. The van der Waals surface area contributed by atoms with Gasteiger partial charge in [-0.3, -0.25) is 15.2 Å². The van der Waals surface area contributed by atoms with Crippen molar-refractivity contribution in [2.75, 3.05) is 31.3 Å². The summed E-state index contributed by atoms with van der Waals surface area (Å²) >= 11 is 17.9. The molecule has 2 aromatic rings. The Hall–Kier alpha value is -1.79. The minimum absolute atomic E-state index is 0.000710. The Labute approximate surface area is 181 Å². The Bertz CT molecular complexity index is 1090. The number of aromatic nitrogens is 2. The molecule has 1 aliphatic heterocycles. The minimum atomic E-state index is -4.02. The number of nitrogens with zero attached hydrogens (tertiary/aromatic N) is 4. The largest absolute Gasteiger partial charge is 0.466 e. The van der Waals surface area contributed by atoms with Crippen LogP contribution in [0, 0.1) is 5.41 Å². The molecule has 1 fully saturated rings. The van der Waals surface area contributed by atoms with E-state index in [-0.39, 0.29) is 41.3 Å². The number of esters is 1. The molecule has 1 N–H and O–H groups in total. The van der Waals surface area contributed by atoms with Crippen molar-refractivity contribution >= 4 is 50.8 Å². The Kier molecular flexibility index (Phi) is 6.44. The lowest BCUT2D eigenvalue weighted by Crippen LogP contribution is -2.73. The van der Waals surface area contributed by atoms with E-state index in [4.69, 9.17) is 49.5 Å². The maximum atomic E-state index is 13.1. The maximum absolute atomic E-state index is 13.1. The molecule has 0 bridgehead atoms. The molecule has 158 valence electrons. The van der Waals surface area contributed by atoms with Crippen LogP contribution in [-0.2, 0) is 19.6 Å². The van der Waals surface area contributed by atoms with Gasteiger partial charge in [-0.25, -0.2) is 8.42 Å². The average molecular weight is 485 g/mol. The van der Waals surface area contributed by atoms with Gasteiger partial charge < -0.3 is 9.26 Å². The van der Waals surface area contributed by atoms with Crippen molar-refractivity contribution < 1.29 is 27.3 Å². The topological polar surface area (TPSA) is 122 Å². The van der Waals surface area contributed by atoms with Gasteiger partial charge in [0.05, 0.1) is 11.6 Å². The summed E-state index contributed by atoms with van der Waals surface area (Å²) in [5.41, 5.74) is -0.391. The lowest BCUT2D eigenvalue weighted by Gasteiger charge is -2.39. The Morgan fingerprint density at radius 1 is 1.38 bits per heavy atom. The SMILES string of the molecule is CCOC(=O)C1CN(S(=O)(=O)c2ccc(Cl)cc2Cl)CCN1[n+]1[n-]oc(=N)c1Cl. The Balaban J connectivity index is 1.95. The van der Waals surface area contributed by atoms with Crippen molar-refractivity contribution in [2.45, 2.75) is 17.9 Å². The van der Waals surface area contributed by atoms with Gasteiger partial charge in [0.2, 0.25) is 10.0 Å². The second-order valence-electron chi connectivity index (χ2n) is 5.95. The summed E-state index contributed by atoms with van der Waals surface area (Å²) in [6, 6.07) is 2.98. The lowest BCUT2D eigenvalue weighted by molar-refractivity contribution is -0.764. The number of hydrogen-bond donors (Lipinski definition) is 1. The molecular formula is C15H16Cl3N5O5S. The van der Waals surface area contributed by atoms with E-state index in [9.17, 15) is 13.2 Å². The fourth-order valence-electron chi connectivity index (χ4n) is 2.85. The first-order chi connectivity index (χ1) is 13.7. The van der Waals surface area contributed by atoms with Crippen LogP contribution in [0.4, 0.5) is 0 Å². The molecule has 1 atom stereocenters. The Morgan fingerprint density at radius 2 is 2.10 bits per heavy atom. The van der Waals surface area contributed by atoms with Crippen molar-refractivity contribution in [3.8, 4) is 0 Å². The number of halogens is 3. The second-order valence-corrected chi connectivity index (χ2v) is 9.06. The van der Waals surface area contributed by atoms with Gasteiger partial charge in [0, 0.05) is 24.7 Å². The van der Waals surface area contributed by atoms with Crippen molar-refractivity contribution in [1.29, 1.82) is 5.41 Å². The van der Waals surface area contributed by atoms with Crippen molar-refractivity contribution in [3.63, 3.8) is 0 Å². The van der Waals surface area contributed by atoms with E-state index in [1.807, 2.05) is 0 Å². The van der Waals surface area contributed by atoms with E-state index in [0.717, 1.165) is 9.10 Å². The monoisotopic (exact) mass is 483 g/mol. The van der Waals surface area contributed by atoms with Gasteiger partial charge in [0.15, 0.2) is 0 Å². The summed E-state index contributed by atoms with van der Waals surface area (Å²) in [5, 5.41) is 12.7. The highest BCUT2D eigenvalue weighted by Crippen LogP contribution is 2.28. The summed E-state index contributed by atoms with van der Waals surface area (Å²) in [7, 11) is -4.02. The van der Waals surface area contributed by atoms with E-state index >= 15 is 0 Å². The molecule has 1 saturated heterocycles. The molecule has 0 saturated carbocycles. The van der Waals surface area contributed by atoms with Crippen LogP contribution in [-0.4, -0.2) is 51.0 Å². The normalized spacial score (nSPS) is 18.1. The van der Waals surface area contributed by atoms with Crippen molar-refractivity contribution in [2.24, 2.45) is 0 Å². The number of carbonyl (C=O) groups excluding carboxylic acids is 1. The summed E-state index contributed by atoms with van der Waals surface area (Å²) < 4.78 is 37.1. The van der Waals surface area contributed by atoms with E-state index in [2.05, 4.69) is 5.27 Å². The standard InChI is InChI=1S/C15H16Cl3N5O5S/c1-2-27-15(24)11-8-21(5-6-22(11)23-13(18)14(19)28-20-23)29(25,26)12-4-3-9(16)7-10(12)17/h3-4,7,11,19H,2,5-6,8H2,1H3. The molecule has 29 heavy (non-hydrogen) atoms. The quantitative estimate of drug-likeness (QED) is 0.485. The molecule has 2 heterocycles. The van der Waals surface area contributed by atoms with Crippen LogP contribution < -0.4 is 20.6 Å². The van der Waals surface area contributed by atoms with Gasteiger partial charge in [-0.05, 0) is 42.0 Å². The number of rotatable bonds is 5. The van der Waals surface area contributed by atoms with E-state index in [0.29, 0.717) is 5.02 Å². The third-order valence-corrected chi connectivity index (χ3v) is 7.11. The summed E-state index contributed by atoms with van der Waals surface area (Å²) in [6.45, 7) is 1.51. The zero-order chi connectivity index (χ0) is 21.3. The molecule has 1 unspecified atom stereocenters. The molecule has 0 aliphatic carbocycles. The number of hydrogen-bond acceptors (Lipinski definition) is 7. The third kappa shape index (κ3) is 4.24. The van der Waals surface area contributed by atoms with Gasteiger partial charge in [-0.1, -0.05) is 28.0 Å². The predicted molar refractivity (Wildman–Crippen MR) is 102 cm³/mol. The fourth-order valence-corrected chi connectivity index (χ4v) is 5.20. The number of carbonyl (C=O) groups is 1. The Morgan fingerprint density at radius 3 is 2.69 bits per heavy atom. The molecule has 1 aromatic heterocycles. The lowest BCUT2D eigenvalue weighted by atomic mass is 10.2. The van der Waals surface area contributed by atoms with Crippen LogP contribution in [0.5, 0.6) is 0 Å². The summed E-state index contributed by atoms with van der Waals surface area (Å²) in [4.78, 5) is 13.5. The first kappa shape index (κ1) is 21.9. The number of sulfonamides is 1. The molecule has 3 rings (SSSR count). The molecular weight excluding hydrogens is 469 g/mol. The van der Waals surface area contributed by atoms with Crippen molar-refractivity contribution in [3.05, 3.63) is 39.0 Å². The first-order valence-electron chi connectivity index (χ1n) is 8.34. The van der Waals surface area contributed by atoms with E-state index < -0.39 is 27.6 Å². The highest BCUT2D eigenvalue weighted by atomic mass is 35.5. The van der Waals surface area contributed by atoms with Crippen LogP contribution in [0.2, 0.25) is 15.2 Å².